The third-order valence-corrected chi connectivity index (χ3v) is 15.4. The molecule has 0 saturated carbocycles. The van der Waals surface area contributed by atoms with Crippen molar-refractivity contribution in [2.24, 2.45) is 0 Å². The van der Waals surface area contributed by atoms with E-state index < -0.39 is 6.10 Å². The molecule has 75 heavy (non-hydrogen) atoms. The molecule has 0 saturated heterocycles. The van der Waals surface area contributed by atoms with Crippen LogP contribution >= 0.6 is 0 Å². The predicted molar refractivity (Wildman–Crippen MR) is 326 cm³/mol. The van der Waals surface area contributed by atoms with E-state index in [1.54, 1.807) is 0 Å². The van der Waals surface area contributed by atoms with Gasteiger partial charge in [0, 0.05) is 19.3 Å². The second-order valence-electron chi connectivity index (χ2n) is 23.1. The van der Waals surface area contributed by atoms with Gasteiger partial charge in [-0.1, -0.05) is 321 Å². The maximum absolute atomic E-state index is 12.9. The summed E-state index contributed by atoms with van der Waals surface area (Å²) in [6.45, 7) is 6.64. The summed E-state index contributed by atoms with van der Waals surface area (Å²) >= 11 is 0. The Hall–Kier alpha value is -2.11. The minimum Gasteiger partial charge on any atom is -0.462 e. The van der Waals surface area contributed by atoms with Gasteiger partial charge in [-0.25, -0.2) is 0 Å². The number of allylic oxidation sites excluding steroid dienone is 4. The first-order valence-corrected chi connectivity index (χ1v) is 33.8. The molecule has 0 aromatic heterocycles. The topological polar surface area (TPSA) is 78.9 Å². The van der Waals surface area contributed by atoms with Gasteiger partial charge < -0.3 is 14.2 Å². The summed E-state index contributed by atoms with van der Waals surface area (Å²) in [4.78, 5) is 38.3. The summed E-state index contributed by atoms with van der Waals surface area (Å²) in [6, 6.07) is 0. The van der Waals surface area contributed by atoms with Crippen LogP contribution in [0.3, 0.4) is 0 Å². The smallest absolute Gasteiger partial charge is 0.306 e. The Morgan fingerprint density at radius 3 is 0.720 bits per heavy atom. The first-order valence-electron chi connectivity index (χ1n) is 33.8. The van der Waals surface area contributed by atoms with Gasteiger partial charge in [-0.05, 0) is 64.2 Å². The molecule has 0 aromatic carbocycles. The van der Waals surface area contributed by atoms with Crippen molar-refractivity contribution in [1.82, 2.24) is 0 Å². The second-order valence-corrected chi connectivity index (χ2v) is 23.1. The molecule has 0 spiro atoms. The van der Waals surface area contributed by atoms with Gasteiger partial charge in [0.25, 0.3) is 0 Å². The molecule has 0 aliphatic heterocycles. The molecule has 6 nitrogen and oxygen atoms in total. The van der Waals surface area contributed by atoms with E-state index >= 15 is 0 Å². The van der Waals surface area contributed by atoms with Crippen molar-refractivity contribution in [2.75, 3.05) is 13.2 Å². The van der Waals surface area contributed by atoms with Gasteiger partial charge in [0.1, 0.15) is 13.2 Å². The molecule has 1 unspecified atom stereocenters. The molecule has 0 aliphatic carbocycles. The van der Waals surface area contributed by atoms with Crippen LogP contribution in [0.1, 0.15) is 380 Å². The highest BCUT2D eigenvalue weighted by Gasteiger charge is 2.19. The van der Waals surface area contributed by atoms with Gasteiger partial charge in [-0.15, -0.1) is 0 Å². The lowest BCUT2D eigenvalue weighted by Crippen LogP contribution is -2.30. The zero-order valence-corrected chi connectivity index (χ0v) is 50.8. The number of esters is 3. The summed E-state index contributed by atoms with van der Waals surface area (Å²) in [7, 11) is 0. The number of carbonyl (C=O) groups is 3. The van der Waals surface area contributed by atoms with E-state index in [4.69, 9.17) is 14.2 Å². The Labute approximate surface area is 468 Å². The molecule has 1 atom stereocenters. The van der Waals surface area contributed by atoms with E-state index in [1.807, 2.05) is 0 Å². The van der Waals surface area contributed by atoms with E-state index in [0.717, 1.165) is 70.6 Å². The minimum absolute atomic E-state index is 0.0698. The molecule has 0 bridgehead atoms. The highest BCUT2D eigenvalue weighted by molar-refractivity contribution is 5.71. The molecule has 442 valence electrons. The van der Waals surface area contributed by atoms with Gasteiger partial charge in [0.2, 0.25) is 0 Å². The van der Waals surface area contributed by atoms with Gasteiger partial charge in [-0.3, -0.25) is 14.4 Å². The third-order valence-electron chi connectivity index (χ3n) is 15.4. The average Bonchev–Trinajstić information content (AvgIpc) is 3.41. The molecular weight excluding hydrogens is 925 g/mol. The van der Waals surface area contributed by atoms with Crippen LogP contribution in [0, 0.1) is 0 Å². The Bertz CT molecular complexity index is 1210. The Morgan fingerprint density at radius 1 is 0.253 bits per heavy atom. The van der Waals surface area contributed by atoms with Crippen molar-refractivity contribution in [1.29, 1.82) is 0 Å². The monoisotopic (exact) mass is 1050 g/mol. The molecule has 0 amide bonds. The number of ether oxygens (including phenoxy) is 3. The van der Waals surface area contributed by atoms with Crippen LogP contribution in [0.2, 0.25) is 0 Å². The zero-order chi connectivity index (χ0) is 54.3. The van der Waals surface area contributed by atoms with Crippen LogP contribution in [-0.4, -0.2) is 37.2 Å². The number of rotatable bonds is 63. The summed E-state index contributed by atoms with van der Waals surface area (Å²) in [5.41, 5.74) is 0. The minimum atomic E-state index is -0.773. The summed E-state index contributed by atoms with van der Waals surface area (Å²) in [5.74, 6) is -0.857. The number of hydrogen-bond acceptors (Lipinski definition) is 6. The molecule has 0 rings (SSSR count). The van der Waals surface area contributed by atoms with Crippen molar-refractivity contribution >= 4 is 17.9 Å². The largest absolute Gasteiger partial charge is 0.462 e. The van der Waals surface area contributed by atoms with E-state index in [1.165, 1.54) is 270 Å². The van der Waals surface area contributed by atoms with Crippen LogP contribution in [-0.2, 0) is 28.6 Å². The van der Waals surface area contributed by atoms with Crippen LogP contribution in [0.5, 0.6) is 0 Å². The maximum atomic E-state index is 12.9. The zero-order valence-electron chi connectivity index (χ0n) is 50.8. The van der Waals surface area contributed by atoms with Gasteiger partial charge in [-0.2, -0.15) is 0 Å². The molecular formula is C69H130O6. The Kier molecular flexibility index (Phi) is 62.6. The van der Waals surface area contributed by atoms with Crippen molar-refractivity contribution in [3.63, 3.8) is 0 Å². The third kappa shape index (κ3) is 62.6. The van der Waals surface area contributed by atoms with Crippen molar-refractivity contribution < 1.29 is 28.6 Å². The first kappa shape index (κ1) is 72.9. The molecule has 0 aromatic rings. The average molecular weight is 1060 g/mol. The van der Waals surface area contributed by atoms with E-state index in [9.17, 15) is 14.4 Å². The van der Waals surface area contributed by atoms with E-state index in [2.05, 4.69) is 45.1 Å². The fraction of sp³-hybridized carbons (Fsp3) is 0.899. The van der Waals surface area contributed by atoms with Crippen molar-refractivity contribution in [3.05, 3.63) is 24.3 Å². The predicted octanol–water partition coefficient (Wildman–Crippen LogP) is 23.0. The van der Waals surface area contributed by atoms with Crippen LogP contribution in [0.4, 0.5) is 0 Å². The fourth-order valence-electron chi connectivity index (χ4n) is 10.3. The van der Waals surface area contributed by atoms with Gasteiger partial charge >= 0.3 is 17.9 Å². The van der Waals surface area contributed by atoms with E-state index in [0.29, 0.717) is 19.3 Å². The maximum Gasteiger partial charge on any atom is 0.306 e. The van der Waals surface area contributed by atoms with E-state index in [-0.39, 0.29) is 31.1 Å². The first-order chi connectivity index (χ1) is 37.0. The molecule has 6 heteroatoms. The SMILES string of the molecule is CCC/C=C\CCCCCCCC(=O)OCC(COC(=O)CCCCCCCCCCCCCCCCCCCCCCCCCCCC)OC(=O)CCCCCCCCCCC/C=C\CCCCCCCCCC. The molecule has 0 fully saturated rings. The lowest BCUT2D eigenvalue weighted by Gasteiger charge is -2.18. The number of unbranched alkanes of at least 4 members (excludes halogenated alkanes) is 48. The Morgan fingerprint density at radius 2 is 0.467 bits per heavy atom. The normalized spacial score (nSPS) is 12.1. The number of hydrogen-bond donors (Lipinski definition) is 0. The summed E-state index contributed by atoms with van der Waals surface area (Å²) in [6.07, 6.45) is 77.9. The highest BCUT2D eigenvalue weighted by Crippen LogP contribution is 2.18. The molecule has 0 aliphatic rings. The summed E-state index contributed by atoms with van der Waals surface area (Å²) in [5, 5.41) is 0. The Balaban J connectivity index is 4.14. The van der Waals surface area contributed by atoms with Gasteiger partial charge in [0.15, 0.2) is 6.10 Å². The molecule has 0 heterocycles. The molecule has 0 radical (unpaired) electrons. The fourth-order valence-corrected chi connectivity index (χ4v) is 10.3. The van der Waals surface area contributed by atoms with Crippen molar-refractivity contribution in [3.8, 4) is 0 Å². The van der Waals surface area contributed by atoms with Crippen LogP contribution < -0.4 is 0 Å². The summed E-state index contributed by atoms with van der Waals surface area (Å²) < 4.78 is 16.9. The van der Waals surface area contributed by atoms with Crippen molar-refractivity contribution in [2.45, 2.75) is 386 Å². The van der Waals surface area contributed by atoms with Crippen LogP contribution in [0.25, 0.3) is 0 Å². The molecule has 0 N–H and O–H groups in total. The lowest BCUT2D eigenvalue weighted by atomic mass is 10.0. The lowest BCUT2D eigenvalue weighted by molar-refractivity contribution is -0.167. The quantitative estimate of drug-likeness (QED) is 0.0261. The van der Waals surface area contributed by atoms with Gasteiger partial charge in [0.05, 0.1) is 0 Å². The van der Waals surface area contributed by atoms with Crippen LogP contribution in [0.15, 0.2) is 24.3 Å². The number of carbonyl (C=O) groups excluding carboxylic acids is 3. The highest BCUT2D eigenvalue weighted by atomic mass is 16.6. The second kappa shape index (κ2) is 64.4. The standard InChI is InChI=1S/C69H130O6/c1-4-7-10-13-16-19-22-24-26-28-30-32-33-34-35-36-38-39-41-43-45-47-50-53-56-59-62-68(71)74-65-66(64-73-67(70)61-58-55-52-49-21-18-15-12-9-6-3)75-69(72)63-60-57-54-51-48-46-44-42-40-37-31-29-27-25-23-20-17-14-11-8-5-2/h12,15,29,31,66H,4-11,13-14,16-28,30,32-65H2,1-3H3/b15-12-,31-29-.